The van der Waals surface area contributed by atoms with E-state index in [2.05, 4.69) is 10.2 Å². The largest absolute Gasteiger partial charge is 0.282 e. The second-order valence-electron chi connectivity index (χ2n) is 6.23. The van der Waals surface area contributed by atoms with Crippen molar-refractivity contribution in [3.05, 3.63) is 35.5 Å². The third-order valence-electron chi connectivity index (χ3n) is 4.37. The van der Waals surface area contributed by atoms with Crippen molar-refractivity contribution in [2.75, 3.05) is 13.1 Å². The van der Waals surface area contributed by atoms with Crippen LogP contribution in [0.5, 0.6) is 0 Å². The molecule has 0 atom stereocenters. The van der Waals surface area contributed by atoms with Gasteiger partial charge in [0.05, 0.1) is 10.6 Å². The van der Waals surface area contributed by atoms with Crippen LogP contribution in [0.15, 0.2) is 29.2 Å². The van der Waals surface area contributed by atoms with Crippen LogP contribution in [0.25, 0.3) is 11.3 Å². The maximum Gasteiger partial charge on any atom is 0.243 e. The van der Waals surface area contributed by atoms with E-state index in [1.165, 1.54) is 0 Å². The van der Waals surface area contributed by atoms with Crippen molar-refractivity contribution in [3.63, 3.8) is 0 Å². The van der Waals surface area contributed by atoms with Gasteiger partial charge in [-0.1, -0.05) is 25.0 Å². The van der Waals surface area contributed by atoms with Gasteiger partial charge in [0.25, 0.3) is 0 Å². The first kappa shape index (κ1) is 16.2. The summed E-state index contributed by atoms with van der Waals surface area (Å²) >= 11 is 0. The quantitative estimate of drug-likeness (QED) is 0.937. The fourth-order valence-corrected chi connectivity index (χ4v) is 4.79. The predicted molar refractivity (Wildman–Crippen MR) is 90.7 cm³/mol. The minimum Gasteiger partial charge on any atom is -0.282 e. The Kier molecular flexibility index (Phi) is 4.55. The number of nitrogens with one attached hydrogen (secondary N) is 1. The van der Waals surface area contributed by atoms with Gasteiger partial charge in [0.1, 0.15) is 0 Å². The fourth-order valence-electron chi connectivity index (χ4n) is 3.02. The average molecular weight is 333 g/mol. The van der Waals surface area contributed by atoms with Crippen molar-refractivity contribution in [1.29, 1.82) is 0 Å². The number of aromatic nitrogens is 2. The van der Waals surface area contributed by atoms with E-state index in [-0.39, 0.29) is 0 Å². The number of aryl methyl sites for hydroxylation is 2. The summed E-state index contributed by atoms with van der Waals surface area (Å²) in [7, 11) is -3.44. The number of H-pyrrole nitrogens is 1. The molecule has 0 aliphatic carbocycles. The van der Waals surface area contributed by atoms with Crippen molar-refractivity contribution in [2.45, 2.75) is 44.4 Å². The number of hydrogen-bond acceptors (Lipinski definition) is 3. The highest BCUT2D eigenvalue weighted by atomic mass is 32.2. The van der Waals surface area contributed by atoms with Gasteiger partial charge in [-0.15, -0.1) is 0 Å². The molecule has 1 aliphatic heterocycles. The molecule has 0 bridgehead atoms. The highest BCUT2D eigenvalue weighted by Gasteiger charge is 2.27. The second kappa shape index (κ2) is 6.45. The molecule has 2 aromatic rings. The number of rotatable bonds is 3. The molecule has 1 aromatic heterocycles. The third-order valence-corrected chi connectivity index (χ3v) is 6.41. The van der Waals surface area contributed by atoms with Crippen molar-refractivity contribution >= 4 is 10.0 Å². The van der Waals surface area contributed by atoms with E-state index in [1.807, 2.05) is 32.0 Å². The summed E-state index contributed by atoms with van der Waals surface area (Å²) in [5.41, 5.74) is 3.34. The summed E-state index contributed by atoms with van der Waals surface area (Å²) < 4.78 is 27.7. The summed E-state index contributed by atoms with van der Waals surface area (Å²) in [6.45, 7) is 5.02. The van der Waals surface area contributed by atoms with Crippen LogP contribution in [0.3, 0.4) is 0 Å². The summed E-state index contributed by atoms with van der Waals surface area (Å²) in [6.07, 6.45) is 4.10. The van der Waals surface area contributed by atoms with Gasteiger partial charge in [0.15, 0.2) is 0 Å². The summed E-state index contributed by atoms with van der Waals surface area (Å²) in [5, 5.41) is 7.13. The zero-order valence-electron chi connectivity index (χ0n) is 13.7. The lowest BCUT2D eigenvalue weighted by molar-refractivity contribution is 0.423. The molecule has 0 radical (unpaired) electrons. The molecule has 1 N–H and O–H groups in total. The molecule has 1 aromatic carbocycles. The lowest BCUT2D eigenvalue weighted by Crippen LogP contribution is -2.32. The molecule has 3 rings (SSSR count). The van der Waals surface area contributed by atoms with Crippen LogP contribution in [-0.4, -0.2) is 36.0 Å². The molecule has 1 saturated heterocycles. The third kappa shape index (κ3) is 3.33. The Bertz CT molecular complexity index is 788. The van der Waals surface area contributed by atoms with Gasteiger partial charge in [-0.25, -0.2) is 8.42 Å². The van der Waals surface area contributed by atoms with Gasteiger partial charge in [-0.3, -0.25) is 5.10 Å². The van der Waals surface area contributed by atoms with Crippen LogP contribution >= 0.6 is 0 Å². The first-order chi connectivity index (χ1) is 11.0. The van der Waals surface area contributed by atoms with Crippen LogP contribution in [0, 0.1) is 13.8 Å². The van der Waals surface area contributed by atoms with E-state index in [1.54, 1.807) is 10.4 Å². The van der Waals surface area contributed by atoms with E-state index in [0.29, 0.717) is 18.0 Å². The Hall–Kier alpha value is -1.66. The molecule has 0 unspecified atom stereocenters. The Morgan fingerprint density at radius 2 is 1.74 bits per heavy atom. The molecule has 1 fully saturated rings. The minimum atomic E-state index is -3.44. The van der Waals surface area contributed by atoms with Crippen molar-refractivity contribution in [3.8, 4) is 11.3 Å². The average Bonchev–Trinajstić information content (AvgIpc) is 2.78. The maximum absolute atomic E-state index is 13.0. The van der Waals surface area contributed by atoms with Gasteiger partial charge in [-0.05, 0) is 44.4 Å². The van der Waals surface area contributed by atoms with Gasteiger partial charge >= 0.3 is 0 Å². The molecule has 6 heteroatoms. The van der Waals surface area contributed by atoms with E-state index in [4.69, 9.17) is 0 Å². The molecule has 0 spiro atoms. The predicted octanol–water partition coefficient (Wildman–Crippen LogP) is 3.26. The van der Waals surface area contributed by atoms with Crippen molar-refractivity contribution < 1.29 is 8.42 Å². The molecule has 5 nitrogen and oxygen atoms in total. The molecule has 1 aliphatic rings. The standard InChI is InChI=1S/C17H23N3O2S/c1-13-7-8-15(16-11-14(2)18-19-16)12-17(13)23(21,22)20-9-5-3-4-6-10-20/h7-8,11-12H,3-6,9-10H2,1-2H3,(H,18,19). The lowest BCUT2D eigenvalue weighted by atomic mass is 10.1. The van der Waals surface area contributed by atoms with Gasteiger partial charge in [-0.2, -0.15) is 9.40 Å². The van der Waals surface area contributed by atoms with Gasteiger partial charge in [0.2, 0.25) is 10.0 Å². The summed E-state index contributed by atoms with van der Waals surface area (Å²) in [5.74, 6) is 0. The van der Waals surface area contributed by atoms with Crippen molar-refractivity contribution in [2.24, 2.45) is 0 Å². The number of nitrogens with zero attached hydrogens (tertiary/aromatic N) is 2. The highest BCUT2D eigenvalue weighted by Crippen LogP contribution is 2.27. The van der Waals surface area contributed by atoms with Crippen molar-refractivity contribution in [1.82, 2.24) is 14.5 Å². The molecule has 0 amide bonds. The van der Waals surface area contributed by atoms with E-state index in [9.17, 15) is 8.42 Å². The Morgan fingerprint density at radius 3 is 2.35 bits per heavy atom. The van der Waals surface area contributed by atoms with E-state index in [0.717, 1.165) is 48.2 Å². The lowest BCUT2D eigenvalue weighted by Gasteiger charge is -2.21. The van der Waals surface area contributed by atoms with Gasteiger partial charge < -0.3 is 0 Å². The SMILES string of the molecule is Cc1cc(-c2ccc(C)c(S(=O)(=O)N3CCCCCC3)c2)n[nH]1. The maximum atomic E-state index is 13.0. The minimum absolute atomic E-state index is 0.401. The first-order valence-electron chi connectivity index (χ1n) is 8.12. The van der Waals surface area contributed by atoms with Gasteiger partial charge in [0, 0.05) is 24.3 Å². The second-order valence-corrected chi connectivity index (χ2v) is 8.14. The first-order valence-corrected chi connectivity index (χ1v) is 9.56. The van der Waals surface area contributed by atoms with Crippen LogP contribution < -0.4 is 0 Å². The van der Waals surface area contributed by atoms with Crippen LogP contribution in [0.1, 0.15) is 36.9 Å². The molecule has 2 heterocycles. The topological polar surface area (TPSA) is 66.1 Å². The smallest absolute Gasteiger partial charge is 0.243 e. The summed E-state index contributed by atoms with van der Waals surface area (Å²) in [6, 6.07) is 7.47. The van der Waals surface area contributed by atoms with Crippen LogP contribution in [-0.2, 0) is 10.0 Å². The van der Waals surface area contributed by atoms with Crippen LogP contribution in [0.4, 0.5) is 0 Å². The number of aromatic amines is 1. The number of sulfonamides is 1. The Morgan fingerprint density at radius 1 is 1.04 bits per heavy atom. The Labute approximate surface area is 137 Å². The van der Waals surface area contributed by atoms with E-state index >= 15 is 0 Å². The summed E-state index contributed by atoms with van der Waals surface area (Å²) in [4.78, 5) is 0.401. The monoisotopic (exact) mass is 333 g/mol. The zero-order valence-corrected chi connectivity index (χ0v) is 14.5. The Balaban J connectivity index is 2.00. The fraction of sp³-hybridized carbons (Fsp3) is 0.471. The molecule has 0 saturated carbocycles. The van der Waals surface area contributed by atoms with Crippen LogP contribution in [0.2, 0.25) is 0 Å². The number of benzene rings is 1. The zero-order chi connectivity index (χ0) is 16.4. The molecule has 23 heavy (non-hydrogen) atoms. The highest BCUT2D eigenvalue weighted by molar-refractivity contribution is 7.89. The molecular weight excluding hydrogens is 310 g/mol. The molecular formula is C17H23N3O2S. The molecule has 124 valence electrons. The number of hydrogen-bond donors (Lipinski definition) is 1. The normalized spacial score (nSPS) is 17.1. The van der Waals surface area contributed by atoms with E-state index < -0.39 is 10.0 Å².